The Bertz CT molecular complexity index is 528. The second-order valence-corrected chi connectivity index (χ2v) is 5.96. The number of ether oxygens (including phenoxy) is 2. The zero-order chi connectivity index (χ0) is 14.2. The van der Waals surface area contributed by atoms with E-state index >= 15 is 0 Å². The van der Waals surface area contributed by atoms with Crippen molar-refractivity contribution in [1.29, 1.82) is 0 Å². The van der Waals surface area contributed by atoms with Crippen LogP contribution in [0.4, 0.5) is 0 Å². The number of carbonyl (C=O) groups is 1. The number of phenolic OH excluding ortho intramolecular Hbond substituents is 1. The lowest BCUT2D eigenvalue weighted by atomic mass is 10.0. The van der Waals surface area contributed by atoms with Crippen molar-refractivity contribution in [2.75, 3.05) is 26.3 Å². The average Bonchev–Trinajstić information content (AvgIpc) is 2.89. The molecule has 0 aliphatic carbocycles. The molecule has 3 rings (SSSR count). The van der Waals surface area contributed by atoms with Crippen molar-refractivity contribution in [1.82, 2.24) is 4.90 Å². The molecule has 108 valence electrons. The van der Waals surface area contributed by atoms with Gasteiger partial charge in [-0.15, -0.1) is 0 Å². The van der Waals surface area contributed by atoms with Crippen molar-refractivity contribution >= 4 is 21.8 Å². The third kappa shape index (κ3) is 2.55. The fourth-order valence-electron chi connectivity index (χ4n) is 2.72. The van der Waals surface area contributed by atoms with Crippen LogP contribution in [0.3, 0.4) is 0 Å². The molecule has 1 aromatic carbocycles. The molecule has 2 aliphatic heterocycles. The Kier molecular flexibility index (Phi) is 3.70. The summed E-state index contributed by atoms with van der Waals surface area (Å²) in [6, 6.07) is 4.85. The summed E-state index contributed by atoms with van der Waals surface area (Å²) in [6.07, 6.45) is 1.68. The van der Waals surface area contributed by atoms with Gasteiger partial charge < -0.3 is 19.5 Å². The Morgan fingerprint density at radius 2 is 2.10 bits per heavy atom. The number of nitrogens with zero attached hydrogens (tertiary/aromatic N) is 1. The highest BCUT2D eigenvalue weighted by Gasteiger charge is 2.42. The van der Waals surface area contributed by atoms with Crippen molar-refractivity contribution in [3.63, 3.8) is 0 Å². The molecule has 1 spiro atoms. The Hall–Kier alpha value is -1.11. The van der Waals surface area contributed by atoms with Crippen LogP contribution < -0.4 is 0 Å². The lowest BCUT2D eigenvalue weighted by Gasteiger charge is -2.38. The summed E-state index contributed by atoms with van der Waals surface area (Å²) in [7, 11) is 0. The van der Waals surface area contributed by atoms with Gasteiger partial charge in [-0.3, -0.25) is 4.79 Å². The van der Waals surface area contributed by atoms with Crippen LogP contribution >= 0.6 is 15.9 Å². The number of phenols is 1. The topological polar surface area (TPSA) is 59.0 Å². The van der Waals surface area contributed by atoms with E-state index in [1.807, 2.05) is 0 Å². The van der Waals surface area contributed by atoms with Gasteiger partial charge in [0.2, 0.25) is 0 Å². The minimum atomic E-state index is -0.620. The van der Waals surface area contributed by atoms with E-state index in [4.69, 9.17) is 9.47 Å². The first-order chi connectivity index (χ1) is 9.60. The van der Waals surface area contributed by atoms with Crippen molar-refractivity contribution in [3.8, 4) is 5.75 Å². The van der Waals surface area contributed by atoms with Crippen LogP contribution in [0.1, 0.15) is 23.2 Å². The fourth-order valence-corrected chi connectivity index (χ4v) is 2.97. The average molecular weight is 342 g/mol. The minimum absolute atomic E-state index is 0.0657. The molecule has 2 aliphatic rings. The second kappa shape index (κ2) is 5.35. The van der Waals surface area contributed by atoms with Crippen LogP contribution in [-0.2, 0) is 9.47 Å². The number of likely N-dealkylation sites (tertiary alicyclic amines) is 1. The Morgan fingerprint density at radius 1 is 1.35 bits per heavy atom. The quantitative estimate of drug-likeness (QED) is 0.850. The number of hydrogen-bond donors (Lipinski definition) is 1. The molecule has 2 fully saturated rings. The van der Waals surface area contributed by atoms with E-state index in [9.17, 15) is 9.90 Å². The SMILES string of the molecule is O=C(c1ccc(Br)c(O)c1)N1CCCC2(C1)OCCO2. The standard InChI is InChI=1S/C14H16BrNO4/c15-11-3-2-10(8-12(11)17)13(18)16-5-1-4-14(9-16)19-6-7-20-14/h2-3,8,17H,1,4-7,9H2. The molecule has 20 heavy (non-hydrogen) atoms. The monoisotopic (exact) mass is 341 g/mol. The summed E-state index contributed by atoms with van der Waals surface area (Å²) >= 11 is 3.21. The summed E-state index contributed by atoms with van der Waals surface area (Å²) < 4.78 is 11.9. The van der Waals surface area contributed by atoms with Gasteiger partial charge in [0, 0.05) is 18.5 Å². The van der Waals surface area contributed by atoms with E-state index in [1.165, 1.54) is 6.07 Å². The molecule has 0 saturated carbocycles. The van der Waals surface area contributed by atoms with Crippen molar-refractivity contribution in [2.24, 2.45) is 0 Å². The molecule has 1 aromatic rings. The number of aromatic hydroxyl groups is 1. The Balaban J connectivity index is 1.77. The second-order valence-electron chi connectivity index (χ2n) is 5.10. The highest BCUT2D eigenvalue weighted by atomic mass is 79.9. The Labute approximate surface area is 125 Å². The zero-order valence-corrected chi connectivity index (χ0v) is 12.6. The maximum absolute atomic E-state index is 12.5. The summed E-state index contributed by atoms with van der Waals surface area (Å²) in [5, 5.41) is 9.69. The van der Waals surface area contributed by atoms with E-state index in [0.717, 1.165) is 12.8 Å². The van der Waals surface area contributed by atoms with Gasteiger partial charge >= 0.3 is 0 Å². The molecular weight excluding hydrogens is 326 g/mol. The summed E-state index contributed by atoms with van der Waals surface area (Å²) in [6.45, 7) is 2.30. The molecule has 2 saturated heterocycles. The molecule has 0 atom stereocenters. The summed E-state index contributed by atoms with van der Waals surface area (Å²) in [5.41, 5.74) is 0.473. The van der Waals surface area contributed by atoms with Gasteiger partial charge in [0.25, 0.3) is 5.91 Å². The normalized spacial score (nSPS) is 21.4. The van der Waals surface area contributed by atoms with Gasteiger partial charge in [-0.25, -0.2) is 0 Å². The van der Waals surface area contributed by atoms with Crippen molar-refractivity contribution in [3.05, 3.63) is 28.2 Å². The highest BCUT2D eigenvalue weighted by molar-refractivity contribution is 9.10. The van der Waals surface area contributed by atoms with Crippen molar-refractivity contribution in [2.45, 2.75) is 18.6 Å². The number of amides is 1. The van der Waals surface area contributed by atoms with E-state index in [1.54, 1.807) is 17.0 Å². The lowest BCUT2D eigenvalue weighted by Crippen LogP contribution is -2.51. The van der Waals surface area contributed by atoms with E-state index in [-0.39, 0.29) is 11.7 Å². The molecule has 1 N–H and O–H groups in total. The summed E-state index contributed by atoms with van der Waals surface area (Å²) in [4.78, 5) is 14.2. The summed E-state index contributed by atoms with van der Waals surface area (Å²) in [5.74, 6) is -0.660. The minimum Gasteiger partial charge on any atom is -0.507 e. The molecule has 5 nitrogen and oxygen atoms in total. The fraction of sp³-hybridized carbons (Fsp3) is 0.500. The number of rotatable bonds is 1. The third-order valence-electron chi connectivity index (χ3n) is 3.71. The van der Waals surface area contributed by atoms with Crippen LogP contribution in [0.25, 0.3) is 0 Å². The first kappa shape index (κ1) is 13.9. The molecule has 0 unspecified atom stereocenters. The molecule has 0 bridgehead atoms. The van der Waals surface area contributed by atoms with Gasteiger partial charge in [0.05, 0.1) is 24.2 Å². The van der Waals surface area contributed by atoms with E-state index in [0.29, 0.717) is 36.3 Å². The number of piperidine rings is 1. The van der Waals surface area contributed by atoms with Crippen LogP contribution in [0.5, 0.6) is 5.75 Å². The van der Waals surface area contributed by atoms with E-state index in [2.05, 4.69) is 15.9 Å². The van der Waals surface area contributed by atoms with E-state index < -0.39 is 5.79 Å². The number of halogens is 1. The van der Waals surface area contributed by atoms with Gasteiger partial charge in [-0.05, 0) is 40.5 Å². The van der Waals surface area contributed by atoms with Crippen LogP contribution in [0, 0.1) is 0 Å². The molecule has 2 heterocycles. The Morgan fingerprint density at radius 3 is 2.80 bits per heavy atom. The van der Waals surface area contributed by atoms with Crippen LogP contribution in [0.2, 0.25) is 0 Å². The van der Waals surface area contributed by atoms with Gasteiger partial charge in [0.1, 0.15) is 5.75 Å². The molecular formula is C14H16BrNO4. The first-order valence-corrected chi connectivity index (χ1v) is 7.45. The third-order valence-corrected chi connectivity index (χ3v) is 4.38. The van der Waals surface area contributed by atoms with Gasteiger partial charge in [-0.2, -0.15) is 0 Å². The van der Waals surface area contributed by atoms with Gasteiger partial charge in [-0.1, -0.05) is 0 Å². The molecule has 1 amide bonds. The number of hydrogen-bond acceptors (Lipinski definition) is 4. The predicted octanol–water partition coefficient (Wildman–Crippen LogP) is 2.13. The molecule has 0 radical (unpaired) electrons. The maximum Gasteiger partial charge on any atom is 0.254 e. The molecule has 0 aromatic heterocycles. The first-order valence-electron chi connectivity index (χ1n) is 6.65. The number of benzene rings is 1. The van der Waals surface area contributed by atoms with Crippen LogP contribution in [0.15, 0.2) is 22.7 Å². The lowest BCUT2D eigenvalue weighted by molar-refractivity contribution is -0.183. The smallest absolute Gasteiger partial charge is 0.254 e. The molecule has 6 heteroatoms. The zero-order valence-electron chi connectivity index (χ0n) is 11.0. The highest BCUT2D eigenvalue weighted by Crippen LogP contribution is 2.31. The largest absolute Gasteiger partial charge is 0.507 e. The maximum atomic E-state index is 12.5. The van der Waals surface area contributed by atoms with Gasteiger partial charge in [0.15, 0.2) is 5.79 Å². The number of carbonyl (C=O) groups excluding carboxylic acids is 1. The predicted molar refractivity (Wildman–Crippen MR) is 75.6 cm³/mol. The van der Waals surface area contributed by atoms with Crippen molar-refractivity contribution < 1.29 is 19.4 Å². The van der Waals surface area contributed by atoms with Crippen LogP contribution in [-0.4, -0.2) is 48.0 Å².